The molecule has 0 radical (unpaired) electrons. The van der Waals surface area contributed by atoms with Gasteiger partial charge in [0.05, 0.1) is 12.9 Å². The van der Waals surface area contributed by atoms with E-state index in [1.807, 2.05) is 0 Å². The quantitative estimate of drug-likeness (QED) is 0.866. The topological polar surface area (TPSA) is 84.5 Å². The van der Waals surface area contributed by atoms with Crippen LogP contribution in [0.2, 0.25) is 0 Å². The molecular formula is C16H17FN2O4S. The predicted molar refractivity (Wildman–Crippen MR) is 90.6 cm³/mol. The number of methoxy groups -OCH3 is 1. The van der Waals surface area contributed by atoms with Gasteiger partial charge >= 0.3 is 6.03 Å². The van der Waals surface area contributed by atoms with Crippen LogP contribution < -0.4 is 15.4 Å². The molecule has 128 valence electrons. The molecule has 0 heterocycles. The molecule has 2 amide bonds. The zero-order chi connectivity index (χ0) is 17.7. The molecule has 0 atom stereocenters. The van der Waals surface area contributed by atoms with Gasteiger partial charge in [0.25, 0.3) is 0 Å². The molecule has 2 aromatic rings. The zero-order valence-electron chi connectivity index (χ0n) is 13.2. The second-order valence-corrected chi connectivity index (χ2v) is 7.33. The van der Waals surface area contributed by atoms with Crippen molar-refractivity contribution < 1.29 is 22.3 Å². The average Bonchev–Trinajstić information content (AvgIpc) is 2.49. The molecule has 0 unspecified atom stereocenters. The predicted octanol–water partition coefficient (Wildman–Crippen LogP) is 3.02. The van der Waals surface area contributed by atoms with E-state index in [-0.39, 0.29) is 11.3 Å². The van der Waals surface area contributed by atoms with E-state index in [2.05, 4.69) is 10.6 Å². The third-order valence-corrected chi connectivity index (χ3v) is 3.89. The van der Waals surface area contributed by atoms with E-state index in [1.165, 1.54) is 19.2 Å². The Morgan fingerprint density at radius 3 is 2.38 bits per heavy atom. The van der Waals surface area contributed by atoms with Gasteiger partial charge in [-0.3, -0.25) is 0 Å². The molecule has 24 heavy (non-hydrogen) atoms. The van der Waals surface area contributed by atoms with Gasteiger partial charge in [0.1, 0.15) is 11.6 Å². The van der Waals surface area contributed by atoms with Crippen molar-refractivity contribution in [2.45, 2.75) is 5.75 Å². The Labute approximate surface area is 139 Å². The van der Waals surface area contributed by atoms with Crippen LogP contribution in [0.25, 0.3) is 0 Å². The first-order valence-electron chi connectivity index (χ1n) is 6.95. The second kappa shape index (κ2) is 7.31. The first-order chi connectivity index (χ1) is 11.3. The molecule has 0 saturated heterocycles. The number of amides is 2. The lowest BCUT2D eigenvalue weighted by molar-refractivity contribution is 0.262. The van der Waals surface area contributed by atoms with E-state index in [1.54, 1.807) is 24.3 Å². The lowest BCUT2D eigenvalue weighted by atomic mass is 10.2. The summed E-state index contributed by atoms with van der Waals surface area (Å²) in [6.07, 6.45) is 1.03. The summed E-state index contributed by atoms with van der Waals surface area (Å²) < 4.78 is 41.4. The number of ether oxygens (including phenoxy) is 1. The minimum absolute atomic E-state index is 0.0521. The average molecular weight is 352 g/mol. The summed E-state index contributed by atoms with van der Waals surface area (Å²) >= 11 is 0. The van der Waals surface area contributed by atoms with Gasteiger partial charge in [0.15, 0.2) is 9.84 Å². The number of urea groups is 1. The second-order valence-electron chi connectivity index (χ2n) is 5.19. The van der Waals surface area contributed by atoms with Gasteiger partial charge in [0.2, 0.25) is 0 Å². The monoisotopic (exact) mass is 352 g/mol. The van der Waals surface area contributed by atoms with Crippen molar-refractivity contribution in [2.24, 2.45) is 0 Å². The SMILES string of the molecule is COc1cccc(NC(=O)Nc2ccc(CS(C)(=O)=O)c(F)c2)c1. The minimum atomic E-state index is -3.33. The smallest absolute Gasteiger partial charge is 0.323 e. The third-order valence-electron chi connectivity index (χ3n) is 3.06. The fourth-order valence-corrected chi connectivity index (χ4v) is 2.82. The van der Waals surface area contributed by atoms with Gasteiger partial charge in [-0.1, -0.05) is 12.1 Å². The number of hydrogen-bond acceptors (Lipinski definition) is 4. The van der Waals surface area contributed by atoms with Gasteiger partial charge in [0, 0.05) is 29.3 Å². The number of sulfone groups is 1. The summed E-state index contributed by atoms with van der Waals surface area (Å²) in [6.45, 7) is 0. The van der Waals surface area contributed by atoms with Crippen LogP contribution in [-0.2, 0) is 15.6 Å². The van der Waals surface area contributed by atoms with Crippen molar-refractivity contribution in [2.75, 3.05) is 24.0 Å². The minimum Gasteiger partial charge on any atom is -0.497 e. The number of benzene rings is 2. The number of anilines is 2. The molecule has 6 nitrogen and oxygen atoms in total. The van der Waals surface area contributed by atoms with Crippen molar-refractivity contribution in [3.8, 4) is 5.75 Å². The maximum Gasteiger partial charge on any atom is 0.323 e. The molecule has 0 aromatic heterocycles. The number of carbonyl (C=O) groups excluding carboxylic acids is 1. The summed E-state index contributed by atoms with van der Waals surface area (Å²) in [5.74, 6) is -0.502. The molecule has 0 aliphatic rings. The highest BCUT2D eigenvalue weighted by Crippen LogP contribution is 2.19. The van der Waals surface area contributed by atoms with E-state index in [0.717, 1.165) is 12.3 Å². The van der Waals surface area contributed by atoms with Crippen LogP contribution in [0.5, 0.6) is 5.75 Å². The van der Waals surface area contributed by atoms with Gasteiger partial charge in [-0.2, -0.15) is 0 Å². The number of carbonyl (C=O) groups is 1. The van der Waals surface area contributed by atoms with Crippen LogP contribution in [0, 0.1) is 5.82 Å². The lowest BCUT2D eigenvalue weighted by Crippen LogP contribution is -2.19. The van der Waals surface area contributed by atoms with Crippen molar-refractivity contribution in [3.05, 3.63) is 53.8 Å². The van der Waals surface area contributed by atoms with E-state index in [0.29, 0.717) is 11.4 Å². The first-order valence-corrected chi connectivity index (χ1v) is 9.01. The first kappa shape index (κ1) is 17.7. The fourth-order valence-electron chi connectivity index (χ4n) is 2.02. The van der Waals surface area contributed by atoms with E-state index >= 15 is 0 Å². The molecular weight excluding hydrogens is 335 g/mol. The Kier molecular flexibility index (Phi) is 5.40. The largest absolute Gasteiger partial charge is 0.497 e. The van der Waals surface area contributed by atoms with Crippen LogP contribution in [-0.4, -0.2) is 27.8 Å². The fraction of sp³-hybridized carbons (Fsp3) is 0.188. The highest BCUT2D eigenvalue weighted by Gasteiger charge is 2.11. The molecule has 2 rings (SSSR count). The Hall–Kier alpha value is -2.61. The Balaban J connectivity index is 2.05. The van der Waals surface area contributed by atoms with Gasteiger partial charge in [-0.25, -0.2) is 17.6 Å². The molecule has 0 spiro atoms. The van der Waals surface area contributed by atoms with Crippen LogP contribution in [0.1, 0.15) is 5.56 Å². The van der Waals surface area contributed by atoms with Gasteiger partial charge in [-0.05, 0) is 24.3 Å². The summed E-state index contributed by atoms with van der Waals surface area (Å²) in [7, 11) is -1.82. The molecule has 0 bridgehead atoms. The molecule has 0 saturated carbocycles. The maximum atomic E-state index is 13.9. The van der Waals surface area contributed by atoms with Crippen molar-refractivity contribution in [1.29, 1.82) is 0 Å². The summed E-state index contributed by atoms with van der Waals surface area (Å²) in [6, 6.07) is 10.1. The van der Waals surface area contributed by atoms with Crippen LogP contribution in [0.15, 0.2) is 42.5 Å². The Bertz CT molecular complexity index is 853. The highest BCUT2D eigenvalue weighted by atomic mass is 32.2. The Morgan fingerprint density at radius 2 is 1.79 bits per heavy atom. The lowest BCUT2D eigenvalue weighted by Gasteiger charge is -2.10. The summed E-state index contributed by atoms with van der Waals surface area (Å²) in [4.78, 5) is 11.9. The van der Waals surface area contributed by atoms with Crippen molar-refractivity contribution in [3.63, 3.8) is 0 Å². The number of halogens is 1. The number of hydrogen-bond donors (Lipinski definition) is 2. The maximum absolute atomic E-state index is 13.9. The zero-order valence-corrected chi connectivity index (χ0v) is 14.0. The Morgan fingerprint density at radius 1 is 1.12 bits per heavy atom. The highest BCUT2D eigenvalue weighted by molar-refractivity contribution is 7.89. The van der Waals surface area contributed by atoms with Crippen molar-refractivity contribution >= 4 is 27.2 Å². The van der Waals surface area contributed by atoms with Crippen LogP contribution >= 0.6 is 0 Å². The third kappa shape index (κ3) is 5.24. The molecule has 8 heteroatoms. The molecule has 0 aliphatic carbocycles. The van der Waals surface area contributed by atoms with Crippen molar-refractivity contribution in [1.82, 2.24) is 0 Å². The summed E-state index contributed by atoms with van der Waals surface area (Å²) in [5.41, 5.74) is 0.780. The van der Waals surface area contributed by atoms with E-state index < -0.39 is 27.4 Å². The van der Waals surface area contributed by atoms with E-state index in [4.69, 9.17) is 4.74 Å². The summed E-state index contributed by atoms with van der Waals surface area (Å²) in [5, 5.41) is 5.07. The van der Waals surface area contributed by atoms with E-state index in [9.17, 15) is 17.6 Å². The van der Waals surface area contributed by atoms with Crippen LogP contribution in [0.3, 0.4) is 0 Å². The molecule has 0 fully saturated rings. The molecule has 0 aliphatic heterocycles. The number of nitrogens with one attached hydrogen (secondary N) is 2. The van der Waals surface area contributed by atoms with Gasteiger partial charge < -0.3 is 15.4 Å². The molecule has 2 aromatic carbocycles. The normalized spacial score (nSPS) is 11.0. The standard InChI is InChI=1S/C16H17FN2O4S/c1-23-14-5-3-4-12(8-14)18-16(20)19-13-7-6-11(15(17)9-13)10-24(2,21)22/h3-9H,10H2,1-2H3,(H2,18,19,20). The van der Waals surface area contributed by atoms with Crippen LogP contribution in [0.4, 0.5) is 20.6 Å². The van der Waals surface area contributed by atoms with Gasteiger partial charge in [-0.15, -0.1) is 0 Å². The number of rotatable bonds is 5. The molecule has 2 N–H and O–H groups in total.